The molecule has 544 valence electrons. The van der Waals surface area contributed by atoms with Gasteiger partial charge in [-0.15, -0.1) is 0 Å². The van der Waals surface area contributed by atoms with Crippen molar-refractivity contribution in [2.45, 2.75) is 291 Å². The standard InChI is InChI=1S/C92H108N4O8/c1-9-17-25-33-55(34-26-18-10-2)93-85(97)65-47-41-59-61-43-49-69-81-73(91(103)95(89(69)101)57(37-29-21-13-5)38-30-22-14-6)53-71(77(83(61)81)63-45-51-67(87(93)99)79(65)75(59)63)72-54-74-82-70(90(102)96(92(74)104)58(39-31-23-15-7)40-32-24-16-8)50-44-62-60-42-48-66-80-68(52-46-64(76(60)80)78(72)84(62)82)88(100)94(86(66)98)56(35-27-19-11-3)36-28-20-12-4/h41-58,85,97H,9-40H2,1-8H3. The molecule has 1 atom stereocenters. The van der Waals surface area contributed by atoms with Gasteiger partial charge in [-0.1, -0.05) is 252 Å². The molecule has 12 nitrogen and oxygen atoms in total. The first-order valence-electron chi connectivity index (χ1n) is 40.9. The minimum absolute atomic E-state index is 0.177. The number of carbonyl (C=O) groups is 7. The topological polar surface area (TPSA) is 153 Å². The van der Waals surface area contributed by atoms with Crippen molar-refractivity contribution < 1.29 is 38.7 Å². The van der Waals surface area contributed by atoms with Crippen molar-refractivity contribution in [3.63, 3.8) is 0 Å². The third-order valence-corrected chi connectivity index (χ3v) is 24.6. The number of hydrogen-bond acceptors (Lipinski definition) is 8. The summed E-state index contributed by atoms with van der Waals surface area (Å²) >= 11 is 0. The average molecular weight is 1400 g/mol. The fourth-order valence-corrected chi connectivity index (χ4v) is 19.4. The van der Waals surface area contributed by atoms with E-state index in [1.54, 1.807) is 19.6 Å². The fourth-order valence-electron chi connectivity index (χ4n) is 19.4. The molecule has 0 radical (unpaired) electrons. The quantitative estimate of drug-likeness (QED) is 0.0175. The van der Waals surface area contributed by atoms with Crippen LogP contribution in [0.1, 0.15) is 345 Å². The van der Waals surface area contributed by atoms with Gasteiger partial charge < -0.3 is 10.0 Å². The number of rotatable bonds is 37. The van der Waals surface area contributed by atoms with Crippen molar-refractivity contribution in [3.8, 4) is 11.1 Å². The molecule has 10 aromatic rings. The zero-order valence-electron chi connectivity index (χ0n) is 63.2. The molecule has 1 unspecified atom stereocenters. The molecule has 0 aromatic heterocycles. The van der Waals surface area contributed by atoms with Crippen LogP contribution in [0.5, 0.6) is 0 Å². The van der Waals surface area contributed by atoms with E-state index in [0.717, 1.165) is 228 Å². The van der Waals surface area contributed by atoms with Gasteiger partial charge in [0.25, 0.3) is 41.4 Å². The Balaban J connectivity index is 1.11. The summed E-state index contributed by atoms with van der Waals surface area (Å²) in [4.78, 5) is 118. The number of aliphatic hydroxyl groups is 1. The van der Waals surface area contributed by atoms with Gasteiger partial charge in [-0.2, -0.15) is 0 Å². The molecule has 4 aliphatic rings. The van der Waals surface area contributed by atoms with Crippen LogP contribution < -0.4 is 0 Å². The molecule has 0 aliphatic carbocycles. The molecule has 14 rings (SSSR count). The number of imide groups is 3. The maximum absolute atomic E-state index is 16.5. The van der Waals surface area contributed by atoms with Crippen molar-refractivity contribution >= 4 is 128 Å². The van der Waals surface area contributed by atoms with Gasteiger partial charge in [0, 0.05) is 90.2 Å². The second-order valence-corrected chi connectivity index (χ2v) is 31.3. The molecule has 7 amide bonds. The Kier molecular flexibility index (Phi) is 21.6. The Morgan fingerprint density at radius 3 is 0.817 bits per heavy atom. The van der Waals surface area contributed by atoms with Crippen LogP contribution in [0, 0.1) is 0 Å². The van der Waals surface area contributed by atoms with Crippen LogP contribution in [0.4, 0.5) is 0 Å². The van der Waals surface area contributed by atoms with Gasteiger partial charge in [-0.05, 0) is 170 Å². The predicted molar refractivity (Wildman–Crippen MR) is 425 cm³/mol. The number of aliphatic hydroxyl groups excluding tert-OH is 1. The average Bonchev–Trinajstić information content (AvgIpc) is 0.676. The van der Waals surface area contributed by atoms with Gasteiger partial charge in [-0.3, -0.25) is 48.3 Å². The molecule has 0 bridgehead atoms. The third-order valence-electron chi connectivity index (χ3n) is 24.6. The van der Waals surface area contributed by atoms with E-state index in [2.05, 4.69) is 61.5 Å². The molecular weight excluding hydrogens is 1290 g/mol. The molecule has 0 fully saturated rings. The van der Waals surface area contributed by atoms with Crippen LogP contribution in [0.25, 0.3) is 97.3 Å². The van der Waals surface area contributed by atoms with E-state index in [1.165, 1.54) is 0 Å². The molecule has 0 spiro atoms. The first kappa shape index (κ1) is 72.6. The van der Waals surface area contributed by atoms with Gasteiger partial charge in [0.2, 0.25) is 0 Å². The van der Waals surface area contributed by atoms with Crippen LogP contribution in [0.2, 0.25) is 0 Å². The Labute approximate surface area is 614 Å². The molecule has 1 N–H and O–H groups in total. The number of unbranched alkanes of at least 4 members (excludes halogenated alkanes) is 16. The number of fused-ring (bicyclic) bond motifs is 4. The smallest absolute Gasteiger partial charge is 0.261 e. The Morgan fingerprint density at radius 2 is 0.500 bits per heavy atom. The second kappa shape index (κ2) is 31.0. The molecule has 4 aliphatic heterocycles. The normalized spacial score (nSPS) is 15.5. The van der Waals surface area contributed by atoms with Crippen LogP contribution in [-0.4, -0.2) is 90.2 Å². The summed E-state index contributed by atoms with van der Waals surface area (Å²) in [6, 6.07) is 26.5. The maximum Gasteiger partial charge on any atom is 0.261 e. The Hall–Kier alpha value is -8.35. The number of benzene rings is 10. The Morgan fingerprint density at radius 1 is 0.250 bits per heavy atom. The van der Waals surface area contributed by atoms with Crippen LogP contribution in [0.3, 0.4) is 0 Å². The van der Waals surface area contributed by atoms with Crippen molar-refractivity contribution in [1.29, 1.82) is 0 Å². The molecule has 0 saturated carbocycles. The van der Waals surface area contributed by atoms with E-state index in [4.69, 9.17) is 0 Å². The highest BCUT2D eigenvalue weighted by Crippen LogP contribution is 2.56. The highest BCUT2D eigenvalue weighted by atomic mass is 16.3. The van der Waals surface area contributed by atoms with Crippen LogP contribution in [-0.2, 0) is 0 Å². The van der Waals surface area contributed by atoms with Crippen LogP contribution >= 0.6 is 0 Å². The van der Waals surface area contributed by atoms with Gasteiger partial charge in [0.05, 0.1) is 0 Å². The zero-order chi connectivity index (χ0) is 72.8. The summed E-state index contributed by atoms with van der Waals surface area (Å²) in [5.74, 6) is -2.21. The van der Waals surface area contributed by atoms with E-state index < -0.39 is 6.23 Å². The van der Waals surface area contributed by atoms with Gasteiger partial charge >= 0.3 is 0 Å². The summed E-state index contributed by atoms with van der Waals surface area (Å²) in [7, 11) is 0. The highest BCUT2D eigenvalue weighted by Gasteiger charge is 2.45. The van der Waals surface area contributed by atoms with E-state index >= 15 is 33.6 Å². The lowest BCUT2D eigenvalue weighted by Gasteiger charge is -2.40. The lowest BCUT2D eigenvalue weighted by atomic mass is 9.76. The SMILES string of the molecule is CCCCCC(CCCCC)N1C(=O)c2ccc3c4ccc5c6c(cc(-c7cc8c9c(ccc%10c%11ccc%12c%13c(ccc(c7c9%10)c%13%11)C(=O)N(C(CCCCC)CCCCC)C%12O)C(=O)N(C(CCCCC)CCCCC)C8=O)c(c7ccc(c2c37)C1=O)c64)C(=O)N(C(CCCCC)CCCCC)C5=O. The summed E-state index contributed by atoms with van der Waals surface area (Å²) in [6.45, 7) is 17.4. The highest BCUT2D eigenvalue weighted by molar-refractivity contribution is 6.46. The van der Waals surface area contributed by atoms with Crippen molar-refractivity contribution in [2.24, 2.45) is 0 Å². The largest absolute Gasteiger partial charge is 0.369 e. The minimum Gasteiger partial charge on any atom is -0.369 e. The monoisotopic (exact) mass is 1400 g/mol. The van der Waals surface area contributed by atoms with E-state index in [9.17, 15) is 5.11 Å². The van der Waals surface area contributed by atoms with Crippen molar-refractivity contribution in [2.75, 3.05) is 0 Å². The maximum atomic E-state index is 16.5. The second-order valence-electron chi connectivity index (χ2n) is 31.3. The lowest BCUT2D eigenvalue weighted by molar-refractivity contribution is -0.0200. The third kappa shape index (κ3) is 12.1. The van der Waals surface area contributed by atoms with Crippen molar-refractivity contribution in [3.05, 3.63) is 129 Å². The van der Waals surface area contributed by atoms with E-state index in [0.29, 0.717) is 119 Å². The Bertz CT molecular complexity index is 4940. The number of carbonyl (C=O) groups excluding carboxylic acids is 7. The molecule has 4 heterocycles. The zero-order valence-corrected chi connectivity index (χ0v) is 63.2. The molecular formula is C92H108N4O8. The van der Waals surface area contributed by atoms with Crippen LogP contribution in [0.15, 0.2) is 84.9 Å². The number of amides is 7. The van der Waals surface area contributed by atoms with Gasteiger partial charge in [-0.25, -0.2) is 0 Å². The molecule has 12 heteroatoms. The van der Waals surface area contributed by atoms with Crippen molar-refractivity contribution in [1.82, 2.24) is 19.6 Å². The van der Waals surface area contributed by atoms with Gasteiger partial charge in [0.1, 0.15) is 0 Å². The fraction of sp³-hybridized carbons (Fsp3) is 0.489. The first-order chi connectivity index (χ1) is 50.7. The number of hydrogen-bond donors (Lipinski definition) is 1. The lowest BCUT2D eigenvalue weighted by Crippen LogP contribution is -2.47. The minimum atomic E-state index is -1.23. The van der Waals surface area contributed by atoms with E-state index in [1.807, 2.05) is 78.9 Å². The summed E-state index contributed by atoms with van der Waals surface area (Å²) < 4.78 is 0. The van der Waals surface area contributed by atoms with Gasteiger partial charge in [0.15, 0.2) is 6.23 Å². The summed E-state index contributed by atoms with van der Waals surface area (Å²) in [6.07, 6.45) is 27.5. The summed E-state index contributed by atoms with van der Waals surface area (Å²) in [5, 5.41) is 24.3. The predicted octanol–water partition coefficient (Wildman–Crippen LogP) is 23.8. The first-order valence-corrected chi connectivity index (χ1v) is 40.9. The molecule has 104 heavy (non-hydrogen) atoms. The van der Waals surface area contributed by atoms with E-state index in [-0.39, 0.29) is 65.5 Å². The number of nitrogens with zero attached hydrogens (tertiary/aromatic N) is 4. The molecule has 10 aromatic carbocycles. The summed E-state index contributed by atoms with van der Waals surface area (Å²) in [5.41, 5.74) is 4.91. The molecule has 0 saturated heterocycles.